The van der Waals surface area contributed by atoms with Crippen LogP contribution in [-0.4, -0.2) is 14.5 Å². The van der Waals surface area contributed by atoms with Crippen LogP contribution in [0.15, 0.2) is 29.1 Å². The first-order chi connectivity index (χ1) is 9.66. The summed E-state index contributed by atoms with van der Waals surface area (Å²) in [7, 11) is 0. The lowest BCUT2D eigenvalue weighted by atomic mass is 10.3. The second kappa shape index (κ2) is 5.72. The summed E-state index contributed by atoms with van der Waals surface area (Å²) >= 11 is 14.1. The van der Waals surface area contributed by atoms with Gasteiger partial charge in [-0.25, -0.2) is 9.97 Å². The molecule has 0 aliphatic rings. The van der Waals surface area contributed by atoms with Gasteiger partial charge in [0.15, 0.2) is 0 Å². The maximum Gasteiger partial charge on any atom is 0.127 e. The molecular weight excluding hydrogens is 313 g/mol. The summed E-state index contributed by atoms with van der Waals surface area (Å²) in [6, 6.07) is 5.82. The number of halogens is 2. The molecule has 0 amide bonds. The fourth-order valence-electron chi connectivity index (χ4n) is 2.26. The van der Waals surface area contributed by atoms with E-state index in [1.165, 1.54) is 0 Å². The topological polar surface area (TPSA) is 30.7 Å². The summed E-state index contributed by atoms with van der Waals surface area (Å²) in [6.07, 6.45) is 0.859. The zero-order chi connectivity index (χ0) is 14.1. The number of para-hydroxylation sites is 1. The van der Waals surface area contributed by atoms with E-state index in [1.54, 1.807) is 11.3 Å². The number of hydrogen-bond donors (Lipinski definition) is 0. The number of aryl methyl sites for hydroxylation is 2. The third kappa shape index (κ3) is 2.55. The third-order valence-corrected chi connectivity index (χ3v) is 4.33. The van der Waals surface area contributed by atoms with E-state index >= 15 is 0 Å². The molecule has 0 saturated heterocycles. The molecule has 0 saturated carbocycles. The van der Waals surface area contributed by atoms with Crippen molar-refractivity contribution in [1.82, 2.24) is 14.5 Å². The highest BCUT2D eigenvalue weighted by molar-refractivity contribution is 7.07. The van der Waals surface area contributed by atoms with Crippen LogP contribution in [0.1, 0.15) is 23.8 Å². The van der Waals surface area contributed by atoms with Crippen LogP contribution in [0.25, 0.3) is 11.0 Å². The van der Waals surface area contributed by atoms with E-state index in [-0.39, 0.29) is 5.38 Å². The Labute approximate surface area is 131 Å². The van der Waals surface area contributed by atoms with Gasteiger partial charge in [-0.05, 0) is 19.1 Å². The van der Waals surface area contributed by atoms with E-state index < -0.39 is 0 Å². The van der Waals surface area contributed by atoms with Crippen molar-refractivity contribution < 1.29 is 0 Å². The van der Waals surface area contributed by atoms with E-state index in [9.17, 15) is 0 Å². The second-order valence-corrected chi connectivity index (χ2v) is 6.36. The molecular formula is C14H13Cl2N3S. The van der Waals surface area contributed by atoms with Gasteiger partial charge in [-0.3, -0.25) is 0 Å². The van der Waals surface area contributed by atoms with Crippen LogP contribution < -0.4 is 0 Å². The number of benzene rings is 1. The average molecular weight is 326 g/mol. The molecule has 20 heavy (non-hydrogen) atoms. The normalized spacial score (nSPS) is 12.9. The Morgan fingerprint density at radius 1 is 1.40 bits per heavy atom. The molecule has 104 valence electrons. The smallest absolute Gasteiger partial charge is 0.127 e. The van der Waals surface area contributed by atoms with E-state index in [2.05, 4.69) is 19.9 Å². The molecule has 3 rings (SSSR count). The highest BCUT2D eigenvalue weighted by atomic mass is 35.5. The highest BCUT2D eigenvalue weighted by Crippen LogP contribution is 2.29. The minimum Gasteiger partial charge on any atom is -0.326 e. The number of alkyl halides is 1. The Morgan fingerprint density at radius 2 is 2.25 bits per heavy atom. The quantitative estimate of drug-likeness (QED) is 0.651. The Bertz CT molecular complexity index is 719. The Morgan fingerprint density at radius 3 is 2.95 bits per heavy atom. The summed E-state index contributed by atoms with van der Waals surface area (Å²) in [5.74, 6) is 0.852. The first-order valence-corrected chi connectivity index (χ1v) is 8.08. The van der Waals surface area contributed by atoms with Gasteiger partial charge in [0, 0.05) is 18.3 Å². The average Bonchev–Trinajstić information content (AvgIpc) is 3.03. The molecule has 0 radical (unpaired) electrons. The van der Waals surface area contributed by atoms with Gasteiger partial charge in [-0.15, -0.1) is 22.9 Å². The summed E-state index contributed by atoms with van der Waals surface area (Å²) in [6.45, 7) is 2.73. The van der Waals surface area contributed by atoms with E-state index in [0.717, 1.165) is 35.5 Å². The number of nitrogens with zero attached hydrogens (tertiary/aromatic N) is 3. The fraction of sp³-hybridized carbons (Fsp3) is 0.286. The van der Waals surface area contributed by atoms with Crippen LogP contribution in [0.2, 0.25) is 5.02 Å². The Kier molecular flexibility index (Phi) is 3.96. The Balaban J connectivity index is 2.02. The van der Waals surface area contributed by atoms with Crippen molar-refractivity contribution in [2.75, 3.05) is 0 Å². The van der Waals surface area contributed by atoms with E-state index in [4.69, 9.17) is 23.2 Å². The molecule has 0 spiro atoms. The highest BCUT2D eigenvalue weighted by Gasteiger charge is 2.16. The maximum absolute atomic E-state index is 6.25. The lowest BCUT2D eigenvalue weighted by Crippen LogP contribution is -2.07. The molecule has 3 aromatic rings. The van der Waals surface area contributed by atoms with Crippen LogP contribution in [0, 0.1) is 0 Å². The summed E-state index contributed by atoms with van der Waals surface area (Å²) < 4.78 is 2.14. The predicted molar refractivity (Wildman–Crippen MR) is 84.8 cm³/mol. The molecule has 0 aliphatic heterocycles. The van der Waals surface area contributed by atoms with Gasteiger partial charge in [-0.2, -0.15) is 0 Å². The van der Waals surface area contributed by atoms with Crippen LogP contribution in [0.4, 0.5) is 0 Å². The number of aromatic nitrogens is 3. The van der Waals surface area contributed by atoms with Gasteiger partial charge in [0.2, 0.25) is 0 Å². The number of fused-ring (bicyclic) bond motifs is 1. The molecule has 3 nitrogen and oxygen atoms in total. The molecule has 1 unspecified atom stereocenters. The van der Waals surface area contributed by atoms with Crippen molar-refractivity contribution in [2.24, 2.45) is 0 Å². The van der Waals surface area contributed by atoms with Crippen molar-refractivity contribution in [2.45, 2.75) is 25.3 Å². The number of hydrogen-bond acceptors (Lipinski definition) is 3. The third-order valence-electron chi connectivity index (χ3n) is 3.19. The van der Waals surface area contributed by atoms with Crippen molar-refractivity contribution in [1.29, 1.82) is 0 Å². The summed E-state index contributed by atoms with van der Waals surface area (Å²) in [5.41, 5.74) is 4.78. The van der Waals surface area contributed by atoms with Gasteiger partial charge in [-0.1, -0.05) is 17.7 Å². The van der Waals surface area contributed by atoms with Crippen LogP contribution >= 0.6 is 34.5 Å². The molecule has 0 N–H and O–H groups in total. The predicted octanol–water partition coefficient (Wildman–Crippen LogP) is 4.69. The van der Waals surface area contributed by atoms with Crippen LogP contribution in [0.3, 0.4) is 0 Å². The number of imidazole rings is 1. The number of rotatable bonds is 4. The molecule has 0 aliphatic carbocycles. The molecule has 2 aromatic heterocycles. The standard InChI is InChI=1S/C14H13Cl2N3S/c1-9(15)14-18-13-11(16)3-2-4-12(13)19(14)6-5-10-7-20-8-17-10/h2-4,7-9H,5-6H2,1H3. The van der Waals surface area contributed by atoms with Crippen molar-refractivity contribution >= 4 is 45.6 Å². The Hall–Kier alpha value is -1.10. The number of thiazole rings is 1. The molecule has 2 heterocycles. The zero-order valence-electron chi connectivity index (χ0n) is 10.9. The largest absolute Gasteiger partial charge is 0.326 e. The molecule has 0 bridgehead atoms. The molecule has 1 atom stereocenters. The van der Waals surface area contributed by atoms with Crippen LogP contribution in [0.5, 0.6) is 0 Å². The van der Waals surface area contributed by atoms with Crippen molar-refractivity contribution in [3.8, 4) is 0 Å². The van der Waals surface area contributed by atoms with Gasteiger partial charge in [0.1, 0.15) is 11.3 Å². The van der Waals surface area contributed by atoms with Crippen molar-refractivity contribution in [3.63, 3.8) is 0 Å². The maximum atomic E-state index is 6.25. The first-order valence-electron chi connectivity index (χ1n) is 6.32. The fourth-order valence-corrected chi connectivity index (χ4v) is 3.23. The molecule has 1 aromatic carbocycles. The summed E-state index contributed by atoms with van der Waals surface area (Å²) in [5, 5.41) is 2.57. The second-order valence-electron chi connectivity index (χ2n) is 4.57. The van der Waals surface area contributed by atoms with Gasteiger partial charge in [0.25, 0.3) is 0 Å². The molecule has 6 heteroatoms. The zero-order valence-corrected chi connectivity index (χ0v) is 13.2. The summed E-state index contributed by atoms with van der Waals surface area (Å²) in [4.78, 5) is 8.91. The lowest BCUT2D eigenvalue weighted by molar-refractivity contribution is 0.662. The van der Waals surface area contributed by atoms with Gasteiger partial charge in [0.05, 0.1) is 27.1 Å². The SMILES string of the molecule is CC(Cl)c1nc2c(Cl)cccc2n1CCc1cscn1. The minimum absolute atomic E-state index is 0.158. The molecule has 0 fully saturated rings. The van der Waals surface area contributed by atoms with E-state index in [1.807, 2.05) is 30.6 Å². The lowest BCUT2D eigenvalue weighted by Gasteiger charge is -2.09. The van der Waals surface area contributed by atoms with E-state index in [0.29, 0.717) is 5.02 Å². The minimum atomic E-state index is -0.158. The van der Waals surface area contributed by atoms with Crippen molar-refractivity contribution in [3.05, 3.63) is 45.6 Å². The first kappa shape index (κ1) is 13.9. The monoisotopic (exact) mass is 325 g/mol. The van der Waals surface area contributed by atoms with Gasteiger partial charge >= 0.3 is 0 Å². The van der Waals surface area contributed by atoms with Gasteiger partial charge < -0.3 is 4.57 Å². The van der Waals surface area contributed by atoms with Crippen LogP contribution in [-0.2, 0) is 13.0 Å².